The number of aromatic amines is 2. The Kier molecular flexibility index (Phi) is 2.93. The summed E-state index contributed by atoms with van der Waals surface area (Å²) in [6.07, 6.45) is 3.53. The van der Waals surface area contributed by atoms with Crippen LogP contribution in [-0.2, 0) is 0 Å². The molecule has 4 rings (SSSR count). The van der Waals surface area contributed by atoms with Gasteiger partial charge in [0.2, 0.25) is 5.82 Å². The lowest BCUT2D eigenvalue weighted by Crippen LogP contribution is -1.83. The SMILES string of the molecule is c1cncc(-c2cc(-c3cccc(-c4nn[nH]n4)c3)[nH]n2)c1. The average molecular weight is 289 g/mol. The molecule has 0 unspecified atom stereocenters. The molecule has 0 saturated carbocycles. The quantitative estimate of drug-likeness (QED) is 0.603. The molecule has 106 valence electrons. The molecule has 0 atom stereocenters. The van der Waals surface area contributed by atoms with Gasteiger partial charge in [0, 0.05) is 29.1 Å². The van der Waals surface area contributed by atoms with Crippen molar-refractivity contribution in [1.82, 2.24) is 35.8 Å². The van der Waals surface area contributed by atoms with Crippen LogP contribution in [-0.4, -0.2) is 35.8 Å². The van der Waals surface area contributed by atoms with Crippen molar-refractivity contribution in [3.05, 3.63) is 54.9 Å². The van der Waals surface area contributed by atoms with Gasteiger partial charge in [-0.3, -0.25) is 10.1 Å². The van der Waals surface area contributed by atoms with Crippen LogP contribution in [0.3, 0.4) is 0 Å². The van der Waals surface area contributed by atoms with Crippen LogP contribution in [0.25, 0.3) is 33.9 Å². The number of aromatic nitrogens is 7. The normalized spacial score (nSPS) is 10.7. The number of hydrogen-bond donors (Lipinski definition) is 2. The highest BCUT2D eigenvalue weighted by Crippen LogP contribution is 2.26. The van der Waals surface area contributed by atoms with Crippen LogP contribution in [0, 0.1) is 0 Å². The van der Waals surface area contributed by atoms with Gasteiger partial charge in [0.15, 0.2) is 0 Å². The van der Waals surface area contributed by atoms with Crippen LogP contribution >= 0.6 is 0 Å². The predicted octanol–water partition coefficient (Wildman–Crippen LogP) is 2.32. The van der Waals surface area contributed by atoms with Crippen LogP contribution in [0.1, 0.15) is 0 Å². The smallest absolute Gasteiger partial charge is 0.204 e. The minimum atomic E-state index is 0.564. The van der Waals surface area contributed by atoms with E-state index in [1.54, 1.807) is 12.4 Å². The maximum Gasteiger partial charge on any atom is 0.204 e. The lowest BCUT2D eigenvalue weighted by atomic mass is 10.1. The van der Waals surface area contributed by atoms with Gasteiger partial charge in [-0.1, -0.05) is 18.2 Å². The third kappa shape index (κ3) is 2.24. The molecule has 1 aromatic carbocycles. The van der Waals surface area contributed by atoms with Crippen molar-refractivity contribution in [2.45, 2.75) is 0 Å². The zero-order chi connectivity index (χ0) is 14.8. The van der Waals surface area contributed by atoms with Gasteiger partial charge in [0.25, 0.3) is 0 Å². The van der Waals surface area contributed by atoms with Crippen molar-refractivity contribution < 1.29 is 0 Å². The van der Waals surface area contributed by atoms with Crippen molar-refractivity contribution in [3.63, 3.8) is 0 Å². The minimum Gasteiger partial charge on any atom is -0.277 e. The molecule has 0 aliphatic rings. The molecule has 0 fully saturated rings. The van der Waals surface area contributed by atoms with E-state index in [1.165, 1.54) is 0 Å². The first-order valence-electron chi connectivity index (χ1n) is 6.70. The second kappa shape index (κ2) is 5.21. The van der Waals surface area contributed by atoms with Gasteiger partial charge in [0.1, 0.15) is 0 Å². The first kappa shape index (κ1) is 12.4. The van der Waals surface area contributed by atoms with Gasteiger partial charge in [-0.25, -0.2) is 0 Å². The molecule has 0 aliphatic heterocycles. The molecule has 7 heteroatoms. The van der Waals surface area contributed by atoms with E-state index in [1.807, 2.05) is 42.5 Å². The van der Waals surface area contributed by atoms with E-state index in [2.05, 4.69) is 35.8 Å². The largest absolute Gasteiger partial charge is 0.277 e. The summed E-state index contributed by atoms with van der Waals surface area (Å²) < 4.78 is 0. The predicted molar refractivity (Wildman–Crippen MR) is 80.4 cm³/mol. The first-order valence-corrected chi connectivity index (χ1v) is 6.70. The zero-order valence-corrected chi connectivity index (χ0v) is 11.4. The van der Waals surface area contributed by atoms with Gasteiger partial charge in [-0.15, -0.1) is 10.2 Å². The molecule has 4 aromatic rings. The summed E-state index contributed by atoms with van der Waals surface area (Å²) in [5.41, 5.74) is 4.64. The van der Waals surface area contributed by atoms with E-state index in [9.17, 15) is 0 Å². The Bertz CT molecular complexity index is 881. The van der Waals surface area contributed by atoms with Gasteiger partial charge in [0.05, 0.1) is 11.4 Å². The highest BCUT2D eigenvalue weighted by Gasteiger charge is 2.08. The van der Waals surface area contributed by atoms with Crippen LogP contribution in [0.4, 0.5) is 0 Å². The van der Waals surface area contributed by atoms with Crippen LogP contribution in [0.15, 0.2) is 54.9 Å². The third-order valence-electron chi connectivity index (χ3n) is 3.31. The number of tetrazole rings is 1. The molecule has 0 spiro atoms. The number of benzene rings is 1. The molecular formula is C15H11N7. The molecule has 3 heterocycles. The summed E-state index contributed by atoms with van der Waals surface area (Å²) in [5.74, 6) is 0.564. The zero-order valence-electron chi connectivity index (χ0n) is 11.4. The number of nitrogens with one attached hydrogen (secondary N) is 2. The maximum atomic E-state index is 4.34. The van der Waals surface area contributed by atoms with Crippen LogP contribution < -0.4 is 0 Å². The summed E-state index contributed by atoms with van der Waals surface area (Å²) in [5, 5.41) is 21.4. The average Bonchev–Trinajstić information content (AvgIpc) is 3.28. The number of rotatable bonds is 3. The molecular weight excluding hydrogens is 278 g/mol. The number of H-pyrrole nitrogens is 2. The molecule has 0 saturated heterocycles. The molecule has 7 nitrogen and oxygen atoms in total. The third-order valence-corrected chi connectivity index (χ3v) is 3.31. The fourth-order valence-corrected chi connectivity index (χ4v) is 2.24. The number of hydrogen-bond acceptors (Lipinski definition) is 5. The second-order valence-corrected chi connectivity index (χ2v) is 4.72. The van der Waals surface area contributed by atoms with Gasteiger partial charge in [-0.05, 0) is 29.5 Å². The van der Waals surface area contributed by atoms with Gasteiger partial charge in [-0.2, -0.15) is 10.3 Å². The summed E-state index contributed by atoms with van der Waals surface area (Å²) in [6.45, 7) is 0. The standard InChI is InChI=1S/C15H11N7/c1-3-10(7-11(4-1)15-19-21-22-20-15)13-8-14(18-17-13)12-5-2-6-16-9-12/h1-9H,(H,17,18)(H,19,20,21,22). The summed E-state index contributed by atoms with van der Waals surface area (Å²) in [7, 11) is 0. The molecule has 0 bridgehead atoms. The Balaban J connectivity index is 1.71. The van der Waals surface area contributed by atoms with Gasteiger partial charge < -0.3 is 0 Å². The minimum absolute atomic E-state index is 0.564. The van der Waals surface area contributed by atoms with Crippen LogP contribution in [0.2, 0.25) is 0 Å². The van der Waals surface area contributed by atoms with E-state index in [4.69, 9.17) is 0 Å². The number of nitrogens with zero attached hydrogens (tertiary/aromatic N) is 5. The van der Waals surface area contributed by atoms with Crippen molar-refractivity contribution in [2.75, 3.05) is 0 Å². The highest BCUT2D eigenvalue weighted by atomic mass is 15.5. The first-order chi connectivity index (χ1) is 10.9. The molecule has 0 aliphatic carbocycles. The lowest BCUT2D eigenvalue weighted by molar-refractivity contribution is 0.881. The number of pyridine rings is 1. The van der Waals surface area contributed by atoms with E-state index in [-0.39, 0.29) is 0 Å². The van der Waals surface area contributed by atoms with E-state index in [0.717, 1.165) is 28.1 Å². The molecule has 0 amide bonds. The second-order valence-electron chi connectivity index (χ2n) is 4.72. The molecule has 2 N–H and O–H groups in total. The molecule has 3 aromatic heterocycles. The Morgan fingerprint density at radius 1 is 0.864 bits per heavy atom. The van der Waals surface area contributed by atoms with E-state index >= 15 is 0 Å². The summed E-state index contributed by atoms with van der Waals surface area (Å²) >= 11 is 0. The Morgan fingerprint density at radius 3 is 2.59 bits per heavy atom. The summed E-state index contributed by atoms with van der Waals surface area (Å²) in [4.78, 5) is 4.11. The fourth-order valence-electron chi connectivity index (χ4n) is 2.24. The van der Waals surface area contributed by atoms with Crippen LogP contribution in [0.5, 0.6) is 0 Å². The van der Waals surface area contributed by atoms with Crippen molar-refractivity contribution in [1.29, 1.82) is 0 Å². The lowest BCUT2D eigenvalue weighted by Gasteiger charge is -1.99. The Morgan fingerprint density at radius 2 is 1.77 bits per heavy atom. The van der Waals surface area contributed by atoms with E-state index in [0.29, 0.717) is 5.82 Å². The van der Waals surface area contributed by atoms with Crippen molar-refractivity contribution in [3.8, 4) is 33.9 Å². The molecule has 22 heavy (non-hydrogen) atoms. The van der Waals surface area contributed by atoms with E-state index < -0.39 is 0 Å². The molecule has 0 radical (unpaired) electrons. The van der Waals surface area contributed by atoms with Crippen molar-refractivity contribution >= 4 is 0 Å². The van der Waals surface area contributed by atoms with Crippen molar-refractivity contribution in [2.24, 2.45) is 0 Å². The fraction of sp³-hybridized carbons (Fsp3) is 0. The van der Waals surface area contributed by atoms with Gasteiger partial charge >= 0.3 is 0 Å². The topological polar surface area (TPSA) is 96.0 Å². The highest BCUT2D eigenvalue weighted by molar-refractivity contribution is 5.71. The maximum absolute atomic E-state index is 4.34. The Hall–Kier alpha value is -3.35. The Labute approximate surface area is 125 Å². The monoisotopic (exact) mass is 289 g/mol. The summed E-state index contributed by atoms with van der Waals surface area (Å²) in [6, 6.07) is 13.7.